The zero-order valence-electron chi connectivity index (χ0n) is 14.1. The van der Waals surface area contributed by atoms with Crippen LogP contribution in [-0.2, 0) is 0 Å². The van der Waals surface area contributed by atoms with Crippen LogP contribution in [0.3, 0.4) is 0 Å². The summed E-state index contributed by atoms with van der Waals surface area (Å²) < 4.78 is 20.0. The van der Waals surface area contributed by atoms with Gasteiger partial charge in [-0.3, -0.25) is 10.1 Å². The highest BCUT2D eigenvalue weighted by molar-refractivity contribution is 5.97. The molecule has 1 heterocycles. The van der Waals surface area contributed by atoms with Crippen molar-refractivity contribution < 1.29 is 9.13 Å². The maximum atomic E-state index is 14.5. The normalized spacial score (nSPS) is 11.7. The standard InChI is InChI=1S/C15H18FN3O.C2H6/c1-5-11(17-6-2)12-9(4)13(16)15(20-7-3)14-10(12)8-18-19-14;1-2/h5-6,8H,7H2,1-4H3,(H,18,19);1-2H3/b11-5-,17-6?;. The van der Waals surface area contributed by atoms with Crippen molar-refractivity contribution in [3.8, 4) is 5.75 Å². The lowest BCUT2D eigenvalue weighted by Gasteiger charge is -2.13. The van der Waals surface area contributed by atoms with Gasteiger partial charge in [0.15, 0.2) is 11.6 Å². The summed E-state index contributed by atoms with van der Waals surface area (Å²) in [6.45, 7) is 11.7. The van der Waals surface area contributed by atoms with E-state index in [4.69, 9.17) is 4.74 Å². The molecule has 0 unspecified atom stereocenters. The van der Waals surface area contributed by atoms with Crippen LogP contribution in [0.15, 0.2) is 17.3 Å². The van der Waals surface area contributed by atoms with Crippen LogP contribution < -0.4 is 4.74 Å². The first-order valence-corrected chi connectivity index (χ1v) is 7.58. The molecule has 1 N–H and O–H groups in total. The Hall–Kier alpha value is -2.17. The molecule has 0 radical (unpaired) electrons. The number of allylic oxidation sites excluding steroid dienone is 1. The van der Waals surface area contributed by atoms with Crippen LogP contribution in [0.5, 0.6) is 5.75 Å². The van der Waals surface area contributed by atoms with Gasteiger partial charge in [-0.25, -0.2) is 4.39 Å². The fraction of sp³-hybridized carbons (Fsp3) is 0.412. The van der Waals surface area contributed by atoms with Crippen molar-refractivity contribution in [1.29, 1.82) is 0 Å². The van der Waals surface area contributed by atoms with E-state index in [0.29, 0.717) is 17.7 Å². The van der Waals surface area contributed by atoms with Crippen molar-refractivity contribution in [2.75, 3.05) is 6.61 Å². The van der Waals surface area contributed by atoms with Crippen LogP contribution in [0.25, 0.3) is 16.6 Å². The minimum absolute atomic E-state index is 0.220. The Morgan fingerprint density at radius 3 is 2.64 bits per heavy atom. The predicted octanol–water partition coefficient (Wildman–Crippen LogP) is 4.89. The van der Waals surface area contributed by atoms with Crippen molar-refractivity contribution in [1.82, 2.24) is 10.2 Å². The summed E-state index contributed by atoms with van der Waals surface area (Å²) in [5, 5.41) is 7.63. The second-order valence-corrected chi connectivity index (χ2v) is 4.30. The molecule has 0 bridgehead atoms. The molecule has 4 nitrogen and oxygen atoms in total. The minimum Gasteiger partial charge on any atom is -0.489 e. The molecule has 0 aliphatic carbocycles. The Morgan fingerprint density at radius 1 is 1.41 bits per heavy atom. The van der Waals surface area contributed by atoms with Gasteiger partial charge in [-0.1, -0.05) is 19.9 Å². The first kappa shape index (κ1) is 17.9. The van der Waals surface area contributed by atoms with E-state index in [0.717, 1.165) is 16.6 Å². The van der Waals surface area contributed by atoms with Gasteiger partial charge in [0.05, 0.1) is 18.5 Å². The molecule has 0 aliphatic rings. The third-order valence-electron chi connectivity index (χ3n) is 3.13. The highest BCUT2D eigenvalue weighted by Crippen LogP contribution is 2.37. The molecule has 0 atom stereocenters. The van der Waals surface area contributed by atoms with Crippen molar-refractivity contribution in [2.45, 2.75) is 41.5 Å². The van der Waals surface area contributed by atoms with Crippen LogP contribution in [0, 0.1) is 12.7 Å². The Bertz CT molecular complexity index is 687. The van der Waals surface area contributed by atoms with Gasteiger partial charge in [0.1, 0.15) is 5.52 Å². The fourth-order valence-electron chi connectivity index (χ4n) is 2.27. The molecule has 0 spiro atoms. The first-order chi connectivity index (χ1) is 10.7. The number of rotatable bonds is 4. The fourth-order valence-corrected chi connectivity index (χ4v) is 2.27. The maximum Gasteiger partial charge on any atom is 0.180 e. The summed E-state index contributed by atoms with van der Waals surface area (Å²) in [5.74, 6) is -0.151. The number of nitrogens with zero attached hydrogens (tertiary/aromatic N) is 2. The lowest BCUT2D eigenvalue weighted by molar-refractivity contribution is 0.324. The molecule has 5 heteroatoms. The van der Waals surface area contributed by atoms with Gasteiger partial charge >= 0.3 is 0 Å². The molecule has 0 aliphatic heterocycles. The number of aliphatic imine (C=N–C) groups is 1. The van der Waals surface area contributed by atoms with Crippen molar-refractivity contribution in [2.24, 2.45) is 4.99 Å². The Morgan fingerprint density at radius 2 is 2.09 bits per heavy atom. The number of H-pyrrole nitrogens is 1. The number of fused-ring (bicyclic) bond motifs is 1. The summed E-state index contributed by atoms with van der Waals surface area (Å²) in [6, 6.07) is 0. The van der Waals surface area contributed by atoms with E-state index in [-0.39, 0.29) is 11.6 Å². The van der Waals surface area contributed by atoms with Gasteiger partial charge in [-0.15, -0.1) is 0 Å². The smallest absolute Gasteiger partial charge is 0.180 e. The van der Waals surface area contributed by atoms with E-state index in [1.165, 1.54) is 0 Å². The lowest BCUT2D eigenvalue weighted by atomic mass is 9.99. The molecule has 0 saturated carbocycles. The minimum atomic E-state index is -0.371. The topological polar surface area (TPSA) is 50.3 Å². The molecule has 0 fully saturated rings. The lowest BCUT2D eigenvalue weighted by Crippen LogP contribution is -2.01. The number of benzene rings is 1. The summed E-state index contributed by atoms with van der Waals surface area (Å²) in [7, 11) is 0. The summed E-state index contributed by atoms with van der Waals surface area (Å²) in [5.41, 5.74) is 2.55. The molecule has 2 rings (SSSR count). The van der Waals surface area contributed by atoms with Crippen molar-refractivity contribution in [3.05, 3.63) is 29.2 Å². The largest absolute Gasteiger partial charge is 0.489 e. The number of aromatic nitrogens is 2. The molecule has 1 aromatic carbocycles. The van der Waals surface area contributed by atoms with Gasteiger partial charge in [0, 0.05) is 17.2 Å². The Labute approximate surface area is 131 Å². The summed E-state index contributed by atoms with van der Waals surface area (Å²) in [4.78, 5) is 4.31. The zero-order chi connectivity index (χ0) is 16.7. The number of nitrogens with one attached hydrogen (secondary N) is 1. The van der Waals surface area contributed by atoms with Crippen LogP contribution in [0.2, 0.25) is 0 Å². The zero-order valence-corrected chi connectivity index (χ0v) is 14.1. The molecule has 1 aromatic heterocycles. The molecule has 120 valence electrons. The Kier molecular flexibility index (Phi) is 6.76. The molecule has 0 amide bonds. The van der Waals surface area contributed by atoms with Crippen molar-refractivity contribution in [3.63, 3.8) is 0 Å². The van der Waals surface area contributed by atoms with Gasteiger partial charge in [-0.2, -0.15) is 5.10 Å². The van der Waals surface area contributed by atoms with E-state index < -0.39 is 0 Å². The SMILES string of the molecule is CC.CC=N/C(=C\C)c1c(C)c(F)c(OCC)c2[nH]ncc12. The van der Waals surface area contributed by atoms with E-state index in [1.54, 1.807) is 19.3 Å². The molecular formula is C17H24FN3O. The number of aromatic amines is 1. The van der Waals surface area contributed by atoms with E-state index in [2.05, 4.69) is 15.2 Å². The average molecular weight is 305 g/mol. The average Bonchev–Trinajstić information content (AvgIpc) is 3.01. The first-order valence-electron chi connectivity index (χ1n) is 7.58. The molecular weight excluding hydrogens is 281 g/mol. The number of halogens is 1. The summed E-state index contributed by atoms with van der Waals surface area (Å²) >= 11 is 0. The second-order valence-electron chi connectivity index (χ2n) is 4.30. The van der Waals surface area contributed by atoms with Gasteiger partial charge in [0.25, 0.3) is 0 Å². The summed E-state index contributed by atoms with van der Waals surface area (Å²) in [6.07, 6.45) is 5.22. The van der Waals surface area contributed by atoms with E-state index in [9.17, 15) is 4.39 Å². The third kappa shape index (κ3) is 3.18. The molecule has 2 aromatic rings. The predicted molar refractivity (Wildman–Crippen MR) is 91.1 cm³/mol. The van der Waals surface area contributed by atoms with Gasteiger partial charge in [0.2, 0.25) is 0 Å². The highest BCUT2D eigenvalue weighted by Gasteiger charge is 2.21. The number of hydrogen-bond donors (Lipinski definition) is 1. The van der Waals surface area contributed by atoms with E-state index in [1.807, 2.05) is 40.7 Å². The van der Waals surface area contributed by atoms with Crippen LogP contribution >= 0.6 is 0 Å². The number of hydrogen-bond acceptors (Lipinski definition) is 3. The monoisotopic (exact) mass is 305 g/mol. The maximum absolute atomic E-state index is 14.5. The van der Waals surface area contributed by atoms with Gasteiger partial charge in [-0.05, 0) is 33.3 Å². The second kappa shape index (κ2) is 8.32. The quantitative estimate of drug-likeness (QED) is 0.818. The molecule has 22 heavy (non-hydrogen) atoms. The van der Waals surface area contributed by atoms with E-state index >= 15 is 0 Å². The molecule has 0 saturated heterocycles. The number of ether oxygens (including phenoxy) is 1. The van der Waals surface area contributed by atoms with Crippen molar-refractivity contribution >= 4 is 22.8 Å². The van der Waals surface area contributed by atoms with Crippen LogP contribution in [0.1, 0.15) is 45.7 Å². The van der Waals surface area contributed by atoms with Crippen LogP contribution in [-0.4, -0.2) is 23.0 Å². The highest BCUT2D eigenvalue weighted by atomic mass is 19.1. The third-order valence-corrected chi connectivity index (χ3v) is 3.13. The van der Waals surface area contributed by atoms with Gasteiger partial charge < -0.3 is 4.74 Å². The van der Waals surface area contributed by atoms with Crippen LogP contribution in [0.4, 0.5) is 4.39 Å². The Balaban J connectivity index is 0.00000116.